The van der Waals surface area contributed by atoms with E-state index in [1.165, 1.54) is 12.0 Å². The fourth-order valence-electron chi connectivity index (χ4n) is 1.96. The largest absolute Gasteiger partial charge is 0.481 e. The number of nitrogens with zero attached hydrogens (tertiary/aromatic N) is 1. The number of urea groups is 1. The maximum atomic E-state index is 11.7. The number of carboxylic acids is 1. The van der Waals surface area contributed by atoms with Gasteiger partial charge in [-0.3, -0.25) is 19.7 Å². The van der Waals surface area contributed by atoms with Gasteiger partial charge in [-0.05, 0) is 12.8 Å². The number of esters is 1. The van der Waals surface area contributed by atoms with Crippen molar-refractivity contribution in [2.75, 3.05) is 20.2 Å². The first-order valence-electron chi connectivity index (χ1n) is 6.32. The van der Waals surface area contributed by atoms with Gasteiger partial charge in [0.05, 0.1) is 13.0 Å². The van der Waals surface area contributed by atoms with Gasteiger partial charge in [0.2, 0.25) is 5.91 Å². The summed E-state index contributed by atoms with van der Waals surface area (Å²) in [4.78, 5) is 46.1. The molecule has 0 aromatic rings. The predicted octanol–water partition coefficient (Wildman–Crippen LogP) is -0.0276. The summed E-state index contributed by atoms with van der Waals surface area (Å²) in [6.07, 6.45) is 0.550. The number of rotatable bonds is 5. The molecule has 1 aliphatic rings. The van der Waals surface area contributed by atoms with Crippen molar-refractivity contribution in [1.29, 1.82) is 0 Å². The summed E-state index contributed by atoms with van der Waals surface area (Å²) in [6, 6.07) is -0.559. The quantitative estimate of drug-likeness (QED) is 0.686. The number of aliphatic carboxylic acids is 1. The van der Waals surface area contributed by atoms with Crippen LogP contribution in [0.2, 0.25) is 0 Å². The average Bonchev–Trinajstić information content (AvgIpc) is 2.86. The third kappa shape index (κ3) is 4.87. The molecular weight excluding hydrogens is 268 g/mol. The summed E-state index contributed by atoms with van der Waals surface area (Å²) in [7, 11) is 1.29. The van der Waals surface area contributed by atoms with E-state index in [1.54, 1.807) is 0 Å². The number of carbonyl (C=O) groups excluding carboxylic acids is 3. The van der Waals surface area contributed by atoms with Gasteiger partial charge < -0.3 is 14.7 Å². The van der Waals surface area contributed by atoms with Crippen LogP contribution in [-0.2, 0) is 19.1 Å². The van der Waals surface area contributed by atoms with Crippen LogP contribution in [0.25, 0.3) is 0 Å². The minimum Gasteiger partial charge on any atom is -0.481 e. The Balaban J connectivity index is 2.31. The molecule has 0 radical (unpaired) electrons. The molecule has 1 unspecified atom stereocenters. The van der Waals surface area contributed by atoms with Gasteiger partial charge in [0.15, 0.2) is 0 Å². The Morgan fingerprint density at radius 2 is 2.00 bits per heavy atom. The normalized spacial score (nSPS) is 17.6. The third-order valence-electron chi connectivity index (χ3n) is 3.05. The number of likely N-dealkylation sites (tertiary alicyclic amines) is 1. The average molecular weight is 286 g/mol. The van der Waals surface area contributed by atoms with Crippen LogP contribution in [0.4, 0.5) is 4.79 Å². The molecule has 112 valence electrons. The van der Waals surface area contributed by atoms with Crippen LogP contribution in [0.5, 0.6) is 0 Å². The standard InChI is InChI=1S/C12H18N2O6/c1-20-11(18)8-5-6-14(7-8)12(19)13-9(15)3-2-4-10(16)17/h8H,2-7H2,1H3,(H,16,17)(H,13,15,19). The van der Waals surface area contributed by atoms with Crippen LogP contribution >= 0.6 is 0 Å². The zero-order valence-corrected chi connectivity index (χ0v) is 11.3. The molecule has 0 aromatic heterocycles. The number of hydrogen-bond donors (Lipinski definition) is 2. The molecule has 0 bridgehead atoms. The Labute approximate surface area is 116 Å². The van der Waals surface area contributed by atoms with Crippen molar-refractivity contribution in [3.05, 3.63) is 0 Å². The number of nitrogens with one attached hydrogen (secondary N) is 1. The summed E-state index contributed by atoms with van der Waals surface area (Å²) < 4.78 is 4.60. The van der Waals surface area contributed by atoms with Crippen molar-refractivity contribution in [2.24, 2.45) is 5.92 Å². The number of methoxy groups -OCH3 is 1. The maximum Gasteiger partial charge on any atom is 0.324 e. The first-order valence-corrected chi connectivity index (χ1v) is 6.32. The van der Waals surface area contributed by atoms with E-state index in [1.807, 2.05) is 0 Å². The lowest BCUT2D eigenvalue weighted by molar-refractivity contribution is -0.144. The minimum atomic E-state index is -0.982. The molecule has 1 heterocycles. The van der Waals surface area contributed by atoms with E-state index in [-0.39, 0.29) is 37.7 Å². The van der Waals surface area contributed by atoms with Crippen LogP contribution in [-0.4, -0.2) is 54.1 Å². The molecule has 1 atom stereocenters. The Morgan fingerprint density at radius 3 is 2.60 bits per heavy atom. The number of hydrogen-bond acceptors (Lipinski definition) is 5. The summed E-state index contributed by atoms with van der Waals surface area (Å²) in [5.74, 6) is -2.22. The second-order valence-electron chi connectivity index (χ2n) is 4.56. The highest BCUT2D eigenvalue weighted by molar-refractivity contribution is 5.94. The van der Waals surface area contributed by atoms with E-state index in [4.69, 9.17) is 5.11 Å². The van der Waals surface area contributed by atoms with Gasteiger partial charge in [0.1, 0.15) is 0 Å². The second kappa shape index (κ2) is 7.46. The van der Waals surface area contributed by atoms with Gasteiger partial charge in [0, 0.05) is 25.9 Å². The van der Waals surface area contributed by atoms with Crippen molar-refractivity contribution in [1.82, 2.24) is 10.2 Å². The smallest absolute Gasteiger partial charge is 0.324 e. The number of amides is 3. The molecular formula is C12H18N2O6. The van der Waals surface area contributed by atoms with Gasteiger partial charge in [-0.1, -0.05) is 0 Å². The molecule has 3 amide bonds. The second-order valence-corrected chi connectivity index (χ2v) is 4.56. The lowest BCUT2D eigenvalue weighted by atomic mass is 10.1. The molecule has 8 nitrogen and oxygen atoms in total. The van der Waals surface area contributed by atoms with Crippen LogP contribution in [0.1, 0.15) is 25.7 Å². The van der Waals surface area contributed by atoms with E-state index in [9.17, 15) is 19.2 Å². The van der Waals surface area contributed by atoms with E-state index >= 15 is 0 Å². The van der Waals surface area contributed by atoms with Crippen molar-refractivity contribution in [3.8, 4) is 0 Å². The fourth-order valence-corrected chi connectivity index (χ4v) is 1.96. The van der Waals surface area contributed by atoms with E-state index in [0.29, 0.717) is 13.0 Å². The molecule has 1 fully saturated rings. The SMILES string of the molecule is COC(=O)C1CCN(C(=O)NC(=O)CCCC(=O)O)C1. The minimum absolute atomic E-state index is 0.0215. The van der Waals surface area contributed by atoms with Crippen LogP contribution in [0.3, 0.4) is 0 Å². The number of imide groups is 1. The number of carboxylic acid groups (broad SMARTS) is 1. The Kier molecular flexibility index (Phi) is 5.95. The van der Waals surface area contributed by atoms with Crippen molar-refractivity contribution >= 4 is 23.9 Å². The van der Waals surface area contributed by atoms with Crippen LogP contribution in [0.15, 0.2) is 0 Å². The highest BCUT2D eigenvalue weighted by atomic mass is 16.5. The van der Waals surface area contributed by atoms with Crippen molar-refractivity contribution < 1.29 is 29.0 Å². The maximum absolute atomic E-state index is 11.7. The summed E-state index contributed by atoms with van der Waals surface area (Å²) in [5, 5.41) is 10.6. The molecule has 0 aromatic carbocycles. The van der Waals surface area contributed by atoms with Gasteiger partial charge in [-0.2, -0.15) is 0 Å². The van der Waals surface area contributed by atoms with Crippen LogP contribution < -0.4 is 5.32 Å². The summed E-state index contributed by atoms with van der Waals surface area (Å²) in [6.45, 7) is 0.606. The zero-order chi connectivity index (χ0) is 15.1. The van der Waals surface area contributed by atoms with E-state index in [0.717, 1.165) is 0 Å². The lowest BCUT2D eigenvalue weighted by Gasteiger charge is -2.16. The molecule has 2 N–H and O–H groups in total. The molecule has 20 heavy (non-hydrogen) atoms. The van der Waals surface area contributed by atoms with E-state index in [2.05, 4.69) is 10.1 Å². The van der Waals surface area contributed by atoms with Crippen molar-refractivity contribution in [3.63, 3.8) is 0 Å². The lowest BCUT2D eigenvalue weighted by Crippen LogP contribution is -2.42. The van der Waals surface area contributed by atoms with Gasteiger partial charge in [0.25, 0.3) is 0 Å². The number of ether oxygens (including phenoxy) is 1. The topological polar surface area (TPSA) is 113 Å². The monoisotopic (exact) mass is 286 g/mol. The Hall–Kier alpha value is -2.12. The highest BCUT2D eigenvalue weighted by Crippen LogP contribution is 2.17. The Morgan fingerprint density at radius 1 is 1.30 bits per heavy atom. The molecule has 0 aliphatic carbocycles. The third-order valence-corrected chi connectivity index (χ3v) is 3.05. The zero-order valence-electron chi connectivity index (χ0n) is 11.3. The van der Waals surface area contributed by atoms with Crippen LogP contribution in [0, 0.1) is 5.92 Å². The van der Waals surface area contributed by atoms with E-state index < -0.39 is 17.9 Å². The number of carbonyl (C=O) groups is 4. The van der Waals surface area contributed by atoms with Gasteiger partial charge in [-0.15, -0.1) is 0 Å². The van der Waals surface area contributed by atoms with Gasteiger partial charge in [-0.25, -0.2) is 4.79 Å². The first kappa shape index (κ1) is 15.9. The summed E-state index contributed by atoms with van der Waals surface area (Å²) >= 11 is 0. The van der Waals surface area contributed by atoms with Gasteiger partial charge >= 0.3 is 18.0 Å². The first-order chi connectivity index (χ1) is 9.43. The molecule has 0 spiro atoms. The molecule has 1 rings (SSSR count). The highest BCUT2D eigenvalue weighted by Gasteiger charge is 2.32. The van der Waals surface area contributed by atoms with Crippen molar-refractivity contribution in [2.45, 2.75) is 25.7 Å². The molecule has 8 heteroatoms. The molecule has 1 aliphatic heterocycles. The predicted molar refractivity (Wildman–Crippen MR) is 66.7 cm³/mol. The molecule has 0 saturated carbocycles. The Bertz CT molecular complexity index is 409. The summed E-state index contributed by atoms with van der Waals surface area (Å²) in [5.41, 5.74) is 0. The fraction of sp³-hybridized carbons (Fsp3) is 0.667. The molecule has 1 saturated heterocycles.